The molecule has 2 nitrogen and oxygen atoms in total. The molecule has 6 saturated carbocycles. The van der Waals surface area contributed by atoms with Gasteiger partial charge in [-0.15, -0.1) is 0 Å². The van der Waals surface area contributed by atoms with Crippen LogP contribution in [0.1, 0.15) is 86.5 Å². The van der Waals surface area contributed by atoms with Crippen molar-refractivity contribution >= 4 is 5.97 Å². The molecule has 7 aliphatic rings. The molecular formula is C29H44O2. The molecule has 4 bridgehead atoms. The van der Waals surface area contributed by atoms with E-state index in [9.17, 15) is 4.79 Å². The van der Waals surface area contributed by atoms with Crippen molar-refractivity contribution in [3.8, 4) is 0 Å². The molecule has 6 aliphatic carbocycles. The summed E-state index contributed by atoms with van der Waals surface area (Å²) in [7, 11) is 0. The third kappa shape index (κ3) is 1.48. The molecule has 7 rings (SSSR count). The van der Waals surface area contributed by atoms with Crippen molar-refractivity contribution in [2.75, 3.05) is 6.61 Å². The zero-order valence-corrected chi connectivity index (χ0v) is 20.7. The molecule has 0 spiro atoms. The van der Waals surface area contributed by atoms with E-state index in [1.165, 1.54) is 38.5 Å². The second-order valence-corrected chi connectivity index (χ2v) is 13.3. The summed E-state index contributed by atoms with van der Waals surface area (Å²) >= 11 is 0. The number of hydrogen-bond acceptors (Lipinski definition) is 2. The van der Waals surface area contributed by atoms with Crippen LogP contribution in [0.25, 0.3) is 0 Å². The molecule has 0 amide bonds. The van der Waals surface area contributed by atoms with E-state index in [2.05, 4.69) is 41.5 Å². The first-order chi connectivity index (χ1) is 14.9. The van der Waals surface area contributed by atoms with Gasteiger partial charge in [0.15, 0.2) is 0 Å². The van der Waals surface area contributed by atoms with E-state index in [0.717, 1.165) is 60.4 Å². The van der Waals surface area contributed by atoms with Crippen molar-refractivity contribution in [3.05, 3.63) is 0 Å². The first-order valence-electron chi connectivity index (χ1n) is 14.0. The fraction of sp³-hybridized carbons (Fsp3) is 0.966. The number of carbonyl (C=O) groups is 1. The van der Waals surface area contributed by atoms with E-state index < -0.39 is 0 Å². The van der Waals surface area contributed by atoms with E-state index in [1.807, 2.05) is 0 Å². The second kappa shape index (κ2) is 5.57. The predicted octanol–water partition coefficient (Wildman–Crippen LogP) is 6.58. The molecule has 0 N–H and O–H groups in total. The minimum atomic E-state index is 0.0993. The highest BCUT2D eigenvalue weighted by Crippen LogP contribution is 2.97. The zero-order valence-electron chi connectivity index (χ0n) is 20.7. The van der Waals surface area contributed by atoms with Crippen LogP contribution < -0.4 is 0 Å². The average molecular weight is 425 g/mol. The van der Waals surface area contributed by atoms with Gasteiger partial charge < -0.3 is 4.74 Å². The summed E-state index contributed by atoms with van der Waals surface area (Å²) in [5.74, 6) is 8.90. The maximum Gasteiger partial charge on any atom is 0.306 e. The van der Waals surface area contributed by atoms with Gasteiger partial charge in [-0.25, -0.2) is 0 Å². The standard InChI is InChI=1S/C29H44O2/c1-7-26-19-13-23(30)31-14-22(19)27(26,8-2)21-12-20(26)24-25(21)29(10-4)18-11-17(15(5)16(18)6)28(24,29)9-3/h15-22,24-25H,7-14H2,1-6H3. The van der Waals surface area contributed by atoms with Crippen LogP contribution in [0.15, 0.2) is 0 Å². The number of rotatable bonds is 4. The van der Waals surface area contributed by atoms with Crippen LogP contribution in [0.4, 0.5) is 0 Å². The summed E-state index contributed by atoms with van der Waals surface area (Å²) in [5, 5.41) is 0. The van der Waals surface area contributed by atoms with E-state index in [0.29, 0.717) is 33.5 Å². The van der Waals surface area contributed by atoms with Crippen molar-refractivity contribution in [2.24, 2.45) is 80.8 Å². The van der Waals surface area contributed by atoms with Gasteiger partial charge in [-0.3, -0.25) is 4.79 Å². The molecule has 31 heavy (non-hydrogen) atoms. The largest absolute Gasteiger partial charge is 0.465 e. The van der Waals surface area contributed by atoms with E-state index in [-0.39, 0.29) is 5.97 Å². The molecule has 172 valence electrons. The fourth-order valence-corrected chi connectivity index (χ4v) is 14.9. The molecule has 7 fully saturated rings. The summed E-state index contributed by atoms with van der Waals surface area (Å²) in [4.78, 5) is 12.4. The Hall–Kier alpha value is -0.530. The third-order valence-electron chi connectivity index (χ3n) is 14.9. The van der Waals surface area contributed by atoms with Crippen molar-refractivity contribution in [1.82, 2.24) is 0 Å². The molecule has 1 aliphatic heterocycles. The lowest BCUT2D eigenvalue weighted by molar-refractivity contribution is -0.374. The van der Waals surface area contributed by atoms with Gasteiger partial charge in [0.1, 0.15) is 0 Å². The van der Waals surface area contributed by atoms with Crippen molar-refractivity contribution < 1.29 is 9.53 Å². The molecule has 0 aromatic heterocycles. The summed E-state index contributed by atoms with van der Waals surface area (Å²) in [6.07, 6.45) is 9.21. The van der Waals surface area contributed by atoms with E-state index in [1.54, 1.807) is 0 Å². The van der Waals surface area contributed by atoms with Gasteiger partial charge in [-0.05, 0) is 113 Å². The molecule has 2 heteroatoms. The monoisotopic (exact) mass is 424 g/mol. The predicted molar refractivity (Wildman–Crippen MR) is 122 cm³/mol. The minimum Gasteiger partial charge on any atom is -0.465 e. The summed E-state index contributed by atoms with van der Waals surface area (Å²) in [6.45, 7) is 16.1. The Morgan fingerprint density at radius 3 is 1.61 bits per heavy atom. The van der Waals surface area contributed by atoms with Crippen LogP contribution in [-0.2, 0) is 9.53 Å². The van der Waals surface area contributed by atoms with E-state index in [4.69, 9.17) is 4.74 Å². The van der Waals surface area contributed by atoms with Gasteiger partial charge in [0, 0.05) is 12.3 Å². The quantitative estimate of drug-likeness (QED) is 0.376. The fourth-order valence-electron chi connectivity index (χ4n) is 14.9. The third-order valence-corrected chi connectivity index (χ3v) is 14.9. The maximum atomic E-state index is 12.4. The minimum absolute atomic E-state index is 0.0993. The first kappa shape index (κ1) is 19.9. The lowest BCUT2D eigenvalue weighted by atomic mass is 9.20. The molecule has 1 heterocycles. The number of esters is 1. The zero-order chi connectivity index (χ0) is 21.7. The number of cyclic esters (lactones) is 1. The highest BCUT2D eigenvalue weighted by Gasteiger charge is 2.93. The van der Waals surface area contributed by atoms with Crippen molar-refractivity contribution in [2.45, 2.75) is 86.5 Å². The molecule has 14 unspecified atom stereocenters. The molecule has 0 aromatic carbocycles. The van der Waals surface area contributed by atoms with Crippen LogP contribution >= 0.6 is 0 Å². The summed E-state index contributed by atoms with van der Waals surface area (Å²) in [5.41, 5.74) is 2.15. The van der Waals surface area contributed by atoms with Crippen LogP contribution in [0.3, 0.4) is 0 Å². The van der Waals surface area contributed by atoms with Crippen LogP contribution in [-0.4, -0.2) is 12.6 Å². The normalized spacial score (nSPS) is 66.6. The molecule has 0 aromatic rings. The Morgan fingerprint density at radius 1 is 0.677 bits per heavy atom. The van der Waals surface area contributed by atoms with Gasteiger partial charge in [0.05, 0.1) is 6.61 Å². The Labute approximate surface area is 189 Å². The van der Waals surface area contributed by atoms with Crippen LogP contribution in [0.2, 0.25) is 0 Å². The number of fused-ring (bicyclic) bond motifs is 18. The van der Waals surface area contributed by atoms with Gasteiger partial charge >= 0.3 is 5.97 Å². The Kier molecular flexibility index (Phi) is 3.58. The highest BCUT2D eigenvalue weighted by atomic mass is 16.5. The smallest absolute Gasteiger partial charge is 0.306 e. The summed E-state index contributed by atoms with van der Waals surface area (Å²) in [6, 6.07) is 0. The van der Waals surface area contributed by atoms with E-state index >= 15 is 0 Å². The van der Waals surface area contributed by atoms with Gasteiger partial charge in [0.25, 0.3) is 0 Å². The second-order valence-electron chi connectivity index (χ2n) is 13.3. The summed E-state index contributed by atoms with van der Waals surface area (Å²) < 4.78 is 5.74. The maximum absolute atomic E-state index is 12.4. The number of hydrogen-bond donors (Lipinski definition) is 0. The van der Waals surface area contributed by atoms with Gasteiger partial charge in [-0.2, -0.15) is 0 Å². The molecule has 0 radical (unpaired) electrons. The highest BCUT2D eigenvalue weighted by molar-refractivity contribution is 5.71. The first-order valence-corrected chi connectivity index (χ1v) is 14.0. The van der Waals surface area contributed by atoms with Gasteiger partial charge in [-0.1, -0.05) is 41.5 Å². The Balaban J connectivity index is 1.41. The Morgan fingerprint density at radius 2 is 1.13 bits per heavy atom. The number of carbonyl (C=O) groups excluding carboxylic acids is 1. The molecule has 14 atom stereocenters. The SMILES string of the molecule is CCC12C3COC(=O)CC3C1(CC)C1CC2C2C1C1(CC)C3CC(C(C)C3C)C21CC. The Bertz CT molecular complexity index is 850. The van der Waals surface area contributed by atoms with Gasteiger partial charge in [0.2, 0.25) is 0 Å². The number of ether oxygens (including phenoxy) is 1. The molecular weight excluding hydrogens is 380 g/mol. The van der Waals surface area contributed by atoms with Crippen molar-refractivity contribution in [1.29, 1.82) is 0 Å². The lowest BCUT2D eigenvalue weighted by Gasteiger charge is -2.83. The van der Waals surface area contributed by atoms with Crippen LogP contribution in [0.5, 0.6) is 0 Å². The van der Waals surface area contributed by atoms with Crippen molar-refractivity contribution in [3.63, 3.8) is 0 Å². The average Bonchev–Trinajstić information content (AvgIpc) is 3.40. The molecule has 1 saturated heterocycles. The topological polar surface area (TPSA) is 26.3 Å². The van der Waals surface area contributed by atoms with Crippen LogP contribution in [0, 0.1) is 80.8 Å². The lowest BCUT2D eigenvalue weighted by Crippen LogP contribution is -2.80.